The van der Waals surface area contributed by atoms with Crippen molar-refractivity contribution in [3.05, 3.63) is 11.6 Å². The van der Waals surface area contributed by atoms with Gasteiger partial charge in [-0.05, 0) is 6.92 Å². The second kappa shape index (κ2) is 4.12. The number of rotatable bonds is 2. The summed E-state index contributed by atoms with van der Waals surface area (Å²) in [6.45, 7) is 1.68. The molecular formula is C8H10N4O3S. The average Bonchev–Trinajstić information content (AvgIpc) is 2.84. The molecule has 1 aromatic rings. The van der Waals surface area contributed by atoms with Gasteiger partial charge in [-0.1, -0.05) is 0 Å². The number of aliphatic carboxylic acids is 1. The monoisotopic (exact) mass is 242 g/mol. The highest BCUT2D eigenvalue weighted by molar-refractivity contribution is 7.99. The molecule has 1 unspecified atom stereocenters. The summed E-state index contributed by atoms with van der Waals surface area (Å²) in [7, 11) is 0. The maximum absolute atomic E-state index is 11.9. The molecule has 1 aliphatic heterocycles. The Kier molecular flexibility index (Phi) is 2.82. The minimum atomic E-state index is -0.995. The summed E-state index contributed by atoms with van der Waals surface area (Å²) in [5.41, 5.74) is 0. The summed E-state index contributed by atoms with van der Waals surface area (Å²) in [6.07, 6.45) is 0. The Hall–Kier alpha value is -1.57. The fourth-order valence-electron chi connectivity index (χ4n) is 1.41. The first-order chi connectivity index (χ1) is 7.59. The Bertz CT molecular complexity index is 433. The highest BCUT2D eigenvalue weighted by atomic mass is 32.2. The van der Waals surface area contributed by atoms with Gasteiger partial charge in [0, 0.05) is 5.75 Å². The Morgan fingerprint density at radius 1 is 1.62 bits per heavy atom. The van der Waals surface area contributed by atoms with Crippen molar-refractivity contribution in [2.45, 2.75) is 13.0 Å². The number of carboxylic acid groups (broad SMARTS) is 1. The molecule has 7 nitrogen and oxygen atoms in total. The van der Waals surface area contributed by atoms with E-state index in [1.54, 1.807) is 6.92 Å². The van der Waals surface area contributed by atoms with E-state index in [9.17, 15) is 9.59 Å². The SMILES string of the molecule is Cc1nc(C(=O)N2CSCC2C(=O)O)n[nH]1. The fraction of sp³-hybridized carbons (Fsp3) is 0.500. The molecule has 1 aromatic heterocycles. The summed E-state index contributed by atoms with van der Waals surface area (Å²) in [5, 5.41) is 15.2. The van der Waals surface area contributed by atoms with Gasteiger partial charge in [-0.3, -0.25) is 9.89 Å². The van der Waals surface area contributed by atoms with Crippen LogP contribution in [0.3, 0.4) is 0 Å². The number of carbonyl (C=O) groups is 2. The van der Waals surface area contributed by atoms with Crippen molar-refractivity contribution >= 4 is 23.6 Å². The molecule has 0 saturated carbocycles. The predicted molar refractivity (Wildman–Crippen MR) is 56.0 cm³/mol. The van der Waals surface area contributed by atoms with E-state index in [2.05, 4.69) is 15.2 Å². The zero-order valence-corrected chi connectivity index (χ0v) is 9.32. The quantitative estimate of drug-likeness (QED) is 0.739. The average molecular weight is 242 g/mol. The summed E-state index contributed by atoms with van der Waals surface area (Å²) in [4.78, 5) is 27.9. The number of carboxylic acids is 1. The third-order valence-electron chi connectivity index (χ3n) is 2.22. The molecule has 0 aromatic carbocycles. The van der Waals surface area contributed by atoms with E-state index in [4.69, 9.17) is 5.11 Å². The van der Waals surface area contributed by atoms with Crippen LogP contribution in [0.5, 0.6) is 0 Å². The van der Waals surface area contributed by atoms with Crippen molar-refractivity contribution in [1.82, 2.24) is 20.1 Å². The normalized spacial score (nSPS) is 20.1. The molecule has 0 spiro atoms. The van der Waals surface area contributed by atoms with Gasteiger partial charge in [-0.2, -0.15) is 0 Å². The minimum Gasteiger partial charge on any atom is -0.480 e. The number of thioether (sulfide) groups is 1. The first kappa shape index (κ1) is 10.9. The topological polar surface area (TPSA) is 99.2 Å². The fourth-order valence-corrected chi connectivity index (χ4v) is 2.56. The van der Waals surface area contributed by atoms with E-state index in [0.29, 0.717) is 17.5 Å². The van der Waals surface area contributed by atoms with Crippen molar-refractivity contribution in [1.29, 1.82) is 0 Å². The predicted octanol–water partition coefficient (Wildman–Crippen LogP) is -0.287. The van der Waals surface area contributed by atoms with Crippen molar-refractivity contribution in [2.75, 3.05) is 11.6 Å². The Labute approximate surface area is 95.2 Å². The van der Waals surface area contributed by atoms with Crippen LogP contribution >= 0.6 is 11.8 Å². The lowest BCUT2D eigenvalue weighted by molar-refractivity contribution is -0.140. The smallest absolute Gasteiger partial charge is 0.327 e. The summed E-state index contributed by atoms with van der Waals surface area (Å²) in [6, 6.07) is -0.781. The number of nitrogens with zero attached hydrogens (tertiary/aromatic N) is 3. The van der Waals surface area contributed by atoms with Gasteiger partial charge in [0.2, 0.25) is 5.82 Å². The lowest BCUT2D eigenvalue weighted by Crippen LogP contribution is -2.42. The van der Waals surface area contributed by atoms with E-state index < -0.39 is 17.9 Å². The lowest BCUT2D eigenvalue weighted by atomic mass is 10.3. The van der Waals surface area contributed by atoms with E-state index in [1.807, 2.05) is 0 Å². The van der Waals surface area contributed by atoms with Gasteiger partial charge < -0.3 is 10.0 Å². The third-order valence-corrected chi connectivity index (χ3v) is 3.23. The van der Waals surface area contributed by atoms with Gasteiger partial charge in [0.05, 0.1) is 5.88 Å². The standard InChI is InChI=1S/C8H10N4O3S/c1-4-9-6(11-10-4)7(13)12-3-16-2-5(12)8(14)15/h5H,2-3H2,1H3,(H,14,15)(H,9,10,11). The number of aromatic nitrogens is 3. The Morgan fingerprint density at radius 2 is 2.38 bits per heavy atom. The molecule has 1 amide bonds. The zero-order chi connectivity index (χ0) is 11.7. The van der Waals surface area contributed by atoms with Crippen LogP contribution in [-0.2, 0) is 4.79 Å². The van der Waals surface area contributed by atoms with Gasteiger partial charge in [0.15, 0.2) is 0 Å². The summed E-state index contributed by atoms with van der Waals surface area (Å²) in [5.74, 6) is -0.117. The van der Waals surface area contributed by atoms with Crippen LogP contribution in [0, 0.1) is 6.92 Å². The van der Waals surface area contributed by atoms with E-state index in [1.165, 1.54) is 16.7 Å². The van der Waals surface area contributed by atoms with Crippen molar-refractivity contribution < 1.29 is 14.7 Å². The third kappa shape index (κ3) is 1.87. The van der Waals surface area contributed by atoms with Gasteiger partial charge in [-0.25, -0.2) is 9.78 Å². The minimum absolute atomic E-state index is 0.0197. The second-order valence-electron chi connectivity index (χ2n) is 3.37. The Balaban J connectivity index is 2.18. The van der Waals surface area contributed by atoms with Crippen molar-refractivity contribution in [3.8, 4) is 0 Å². The van der Waals surface area contributed by atoms with Crippen LogP contribution < -0.4 is 0 Å². The first-order valence-corrected chi connectivity index (χ1v) is 5.75. The maximum atomic E-state index is 11.9. The molecule has 16 heavy (non-hydrogen) atoms. The summed E-state index contributed by atoms with van der Waals surface area (Å²) >= 11 is 1.41. The van der Waals surface area contributed by atoms with E-state index in [0.717, 1.165) is 0 Å². The van der Waals surface area contributed by atoms with Crippen LogP contribution in [-0.4, -0.2) is 54.7 Å². The molecule has 2 heterocycles. The van der Waals surface area contributed by atoms with Crippen LogP contribution in [0.15, 0.2) is 0 Å². The number of H-pyrrole nitrogens is 1. The molecule has 0 aliphatic carbocycles. The number of amides is 1. The van der Waals surface area contributed by atoms with Crippen LogP contribution in [0.25, 0.3) is 0 Å². The van der Waals surface area contributed by atoms with Crippen LogP contribution in [0.2, 0.25) is 0 Å². The van der Waals surface area contributed by atoms with E-state index in [-0.39, 0.29) is 5.82 Å². The molecule has 2 rings (SSSR count). The van der Waals surface area contributed by atoms with Crippen LogP contribution in [0.1, 0.15) is 16.4 Å². The number of hydrogen-bond donors (Lipinski definition) is 2. The van der Waals surface area contributed by atoms with Gasteiger partial charge >= 0.3 is 5.97 Å². The zero-order valence-electron chi connectivity index (χ0n) is 8.51. The maximum Gasteiger partial charge on any atom is 0.327 e. The lowest BCUT2D eigenvalue weighted by Gasteiger charge is -2.18. The molecule has 1 fully saturated rings. The van der Waals surface area contributed by atoms with Gasteiger partial charge in [0.1, 0.15) is 11.9 Å². The highest BCUT2D eigenvalue weighted by Crippen LogP contribution is 2.22. The molecule has 0 radical (unpaired) electrons. The van der Waals surface area contributed by atoms with Gasteiger partial charge in [0.25, 0.3) is 5.91 Å². The summed E-state index contributed by atoms with van der Waals surface area (Å²) < 4.78 is 0. The highest BCUT2D eigenvalue weighted by Gasteiger charge is 2.36. The van der Waals surface area contributed by atoms with Crippen molar-refractivity contribution in [2.24, 2.45) is 0 Å². The number of nitrogens with one attached hydrogen (secondary N) is 1. The van der Waals surface area contributed by atoms with E-state index >= 15 is 0 Å². The molecular weight excluding hydrogens is 232 g/mol. The molecule has 2 N–H and O–H groups in total. The largest absolute Gasteiger partial charge is 0.480 e. The number of hydrogen-bond acceptors (Lipinski definition) is 5. The number of carbonyl (C=O) groups excluding carboxylic acids is 1. The number of aryl methyl sites for hydroxylation is 1. The molecule has 0 bridgehead atoms. The van der Waals surface area contributed by atoms with Gasteiger partial charge in [-0.15, -0.1) is 16.9 Å². The molecule has 1 saturated heterocycles. The van der Waals surface area contributed by atoms with Crippen molar-refractivity contribution in [3.63, 3.8) is 0 Å². The second-order valence-corrected chi connectivity index (χ2v) is 4.37. The molecule has 1 aliphatic rings. The molecule has 8 heteroatoms. The first-order valence-electron chi connectivity index (χ1n) is 4.60. The molecule has 1 atom stereocenters. The van der Waals surface area contributed by atoms with Crippen LogP contribution in [0.4, 0.5) is 0 Å². The number of aromatic amines is 1. The molecule has 86 valence electrons. The Morgan fingerprint density at radius 3 is 2.94 bits per heavy atom.